The summed E-state index contributed by atoms with van der Waals surface area (Å²) in [4.78, 5) is 41.5. The molecule has 0 aromatic heterocycles. The van der Waals surface area contributed by atoms with E-state index in [1.165, 1.54) is 14.0 Å². The number of Topliss-reactive ketones (excluding diaryl/α,β-unsaturated/α-hetero) is 4. The lowest BCUT2D eigenvalue weighted by molar-refractivity contribution is -0.125. The largest absolute Gasteiger partial charge is 0.497 e. The fourth-order valence-corrected chi connectivity index (χ4v) is 1.73. The Kier molecular flexibility index (Phi) is 24.3. The van der Waals surface area contributed by atoms with E-state index >= 15 is 0 Å². The second-order valence-corrected chi connectivity index (χ2v) is 7.17. The van der Waals surface area contributed by atoms with Crippen LogP contribution in [0.2, 0.25) is 0 Å². The maximum absolute atomic E-state index is 10.8. The highest BCUT2D eigenvalue weighted by molar-refractivity contribution is 5.94. The third-order valence-corrected chi connectivity index (χ3v) is 4.06. The summed E-state index contributed by atoms with van der Waals surface area (Å²) in [6, 6.07) is 7.05. The lowest BCUT2D eigenvalue weighted by atomic mass is 10.1. The summed E-state index contributed by atoms with van der Waals surface area (Å²) in [6.07, 6.45) is 0.903. The topological polar surface area (TPSA) is 105 Å². The molecule has 0 N–H and O–H groups in total. The fourth-order valence-electron chi connectivity index (χ4n) is 1.73. The normalized spacial score (nSPS) is 11.1. The monoisotopic (exact) mass is 470 g/mol. The van der Waals surface area contributed by atoms with E-state index in [2.05, 4.69) is 9.47 Å². The van der Waals surface area contributed by atoms with E-state index in [0.717, 1.165) is 5.75 Å². The molecule has 0 spiro atoms. The van der Waals surface area contributed by atoms with Crippen molar-refractivity contribution < 1.29 is 38.1 Å². The third-order valence-electron chi connectivity index (χ3n) is 4.06. The number of hydrogen-bond donors (Lipinski definition) is 0. The van der Waals surface area contributed by atoms with Crippen LogP contribution in [-0.4, -0.2) is 70.4 Å². The number of rotatable bonds is 10. The predicted molar refractivity (Wildman–Crippen MR) is 129 cm³/mol. The smallest absolute Gasteiger partial charge is 0.159 e. The molecule has 0 saturated carbocycles. The van der Waals surface area contributed by atoms with E-state index in [1.807, 2.05) is 6.92 Å². The van der Waals surface area contributed by atoms with E-state index in [4.69, 9.17) is 9.47 Å². The van der Waals surface area contributed by atoms with Crippen LogP contribution in [0.5, 0.6) is 5.75 Å². The van der Waals surface area contributed by atoms with E-state index in [0.29, 0.717) is 25.0 Å². The Morgan fingerprint density at radius 3 is 1.48 bits per heavy atom. The van der Waals surface area contributed by atoms with Gasteiger partial charge < -0.3 is 18.9 Å². The molecule has 0 fully saturated rings. The van der Waals surface area contributed by atoms with Gasteiger partial charge in [-0.2, -0.15) is 0 Å². The Morgan fingerprint density at radius 2 is 1.30 bits per heavy atom. The molecule has 1 rings (SSSR count). The molecule has 33 heavy (non-hydrogen) atoms. The number of ketones is 4. The summed E-state index contributed by atoms with van der Waals surface area (Å²) < 4.78 is 19.1. The van der Waals surface area contributed by atoms with E-state index in [1.54, 1.807) is 73.3 Å². The molecule has 0 bridgehead atoms. The molecule has 0 aliphatic heterocycles. The molecule has 1 aromatic rings. The summed E-state index contributed by atoms with van der Waals surface area (Å²) in [5.41, 5.74) is 0.714. The van der Waals surface area contributed by atoms with Crippen molar-refractivity contribution in [2.24, 2.45) is 0 Å². The van der Waals surface area contributed by atoms with Gasteiger partial charge in [-0.15, -0.1) is 0 Å². The molecule has 8 nitrogen and oxygen atoms in total. The van der Waals surface area contributed by atoms with Crippen molar-refractivity contribution >= 4 is 23.1 Å². The Morgan fingerprint density at radius 1 is 0.788 bits per heavy atom. The summed E-state index contributed by atoms with van der Waals surface area (Å²) in [5.74, 6) is 1.28. The van der Waals surface area contributed by atoms with Gasteiger partial charge in [-0.3, -0.25) is 19.2 Å². The van der Waals surface area contributed by atoms with E-state index < -0.39 is 0 Å². The van der Waals surface area contributed by atoms with Crippen molar-refractivity contribution in [3.05, 3.63) is 29.8 Å². The van der Waals surface area contributed by atoms with Crippen molar-refractivity contribution in [2.75, 3.05) is 35.0 Å². The van der Waals surface area contributed by atoms with Gasteiger partial charge in [0.2, 0.25) is 0 Å². The summed E-state index contributed by atoms with van der Waals surface area (Å²) in [7, 11) is 6.31. The quantitative estimate of drug-likeness (QED) is 0.470. The Labute approximate surface area is 198 Å². The van der Waals surface area contributed by atoms with Crippen LogP contribution in [0.4, 0.5) is 0 Å². The van der Waals surface area contributed by atoms with Crippen molar-refractivity contribution in [3.8, 4) is 5.75 Å². The Balaban J connectivity index is -0.000000372. The van der Waals surface area contributed by atoms with Crippen molar-refractivity contribution in [1.29, 1.82) is 0 Å². The highest BCUT2D eigenvalue weighted by Gasteiger charge is 2.02. The first-order valence-electron chi connectivity index (χ1n) is 10.5. The van der Waals surface area contributed by atoms with Crippen molar-refractivity contribution in [1.82, 2.24) is 0 Å². The highest BCUT2D eigenvalue weighted by atomic mass is 16.5. The SMILES string of the molecule is COC(C)C(C)=O.COC(C)CC(C)=O.COCCC(C)=O.COc1ccc(C(C)=O)cc1. The number of carbonyl (C=O) groups is 4. The van der Waals surface area contributed by atoms with Crippen LogP contribution in [0.15, 0.2) is 24.3 Å². The van der Waals surface area contributed by atoms with Gasteiger partial charge in [-0.1, -0.05) is 0 Å². The van der Waals surface area contributed by atoms with Gasteiger partial charge in [0.1, 0.15) is 23.4 Å². The average molecular weight is 471 g/mol. The van der Waals surface area contributed by atoms with Crippen molar-refractivity contribution in [2.45, 2.75) is 66.6 Å². The van der Waals surface area contributed by atoms with Crippen LogP contribution in [0.1, 0.15) is 64.7 Å². The molecule has 2 unspecified atom stereocenters. The maximum atomic E-state index is 10.8. The van der Waals surface area contributed by atoms with Gasteiger partial charge in [-0.05, 0) is 65.8 Å². The van der Waals surface area contributed by atoms with Gasteiger partial charge in [0.25, 0.3) is 0 Å². The lowest BCUT2D eigenvalue weighted by Crippen LogP contribution is -2.14. The van der Waals surface area contributed by atoms with Crippen LogP contribution in [-0.2, 0) is 28.6 Å². The molecule has 0 amide bonds. The summed E-state index contributed by atoms with van der Waals surface area (Å²) in [5, 5.41) is 0. The van der Waals surface area contributed by atoms with Gasteiger partial charge in [0.15, 0.2) is 11.6 Å². The number of methoxy groups -OCH3 is 4. The molecule has 190 valence electrons. The zero-order valence-corrected chi connectivity index (χ0v) is 21.9. The minimum Gasteiger partial charge on any atom is -0.497 e. The minimum atomic E-state index is -0.236. The fraction of sp³-hybridized carbons (Fsp3) is 0.600. The van der Waals surface area contributed by atoms with E-state index in [-0.39, 0.29) is 35.3 Å². The van der Waals surface area contributed by atoms with Gasteiger partial charge in [-0.25, -0.2) is 0 Å². The standard InChI is InChI=1S/C9H10O2.C6H12O2.2C5H10O2/c1-7(10)8-3-5-9(11-2)6-4-8;1-5(7)4-6(2)8-3;1-5(6)3-4-7-2;1-4(6)5(2)7-3/h3-6H,1-2H3;6H,4H2,1-3H3;3-4H2,1-2H3;5H,1-3H3. The summed E-state index contributed by atoms with van der Waals surface area (Å²) in [6.45, 7) is 10.3. The van der Waals surface area contributed by atoms with Crippen LogP contribution < -0.4 is 4.74 Å². The van der Waals surface area contributed by atoms with Gasteiger partial charge in [0, 0.05) is 39.7 Å². The number of carbonyl (C=O) groups excluding carboxylic acids is 4. The zero-order valence-electron chi connectivity index (χ0n) is 21.9. The minimum absolute atomic E-state index is 0.0718. The van der Waals surface area contributed by atoms with Crippen molar-refractivity contribution in [3.63, 3.8) is 0 Å². The first-order chi connectivity index (χ1) is 15.4. The Bertz CT molecular complexity index is 667. The third kappa shape index (κ3) is 25.7. The molecule has 1 aromatic carbocycles. The number of benzene rings is 1. The average Bonchev–Trinajstić information content (AvgIpc) is 2.77. The summed E-state index contributed by atoms with van der Waals surface area (Å²) >= 11 is 0. The highest BCUT2D eigenvalue weighted by Crippen LogP contribution is 2.11. The Hall–Kier alpha value is -2.42. The molecular formula is C25H42O8. The molecule has 0 aliphatic carbocycles. The predicted octanol–water partition coefficient (Wildman–Crippen LogP) is 4.12. The molecule has 0 heterocycles. The number of ether oxygens (including phenoxy) is 4. The zero-order chi connectivity index (χ0) is 26.4. The molecule has 0 radical (unpaired) electrons. The molecule has 0 saturated heterocycles. The van der Waals surface area contributed by atoms with Crippen LogP contribution in [0.3, 0.4) is 0 Å². The lowest BCUT2D eigenvalue weighted by Gasteiger charge is -2.03. The first kappa shape index (κ1) is 35.2. The second kappa shape index (κ2) is 22.8. The maximum Gasteiger partial charge on any atom is 0.159 e. The number of hydrogen-bond acceptors (Lipinski definition) is 8. The molecular weight excluding hydrogens is 428 g/mol. The van der Waals surface area contributed by atoms with Crippen LogP contribution in [0, 0.1) is 0 Å². The van der Waals surface area contributed by atoms with Gasteiger partial charge in [0.05, 0.1) is 19.8 Å². The molecule has 2 atom stereocenters. The molecule has 8 heteroatoms. The van der Waals surface area contributed by atoms with Crippen LogP contribution in [0.25, 0.3) is 0 Å². The van der Waals surface area contributed by atoms with Gasteiger partial charge >= 0.3 is 0 Å². The first-order valence-corrected chi connectivity index (χ1v) is 10.5. The van der Waals surface area contributed by atoms with E-state index in [9.17, 15) is 19.2 Å². The molecule has 0 aliphatic rings. The van der Waals surface area contributed by atoms with Crippen LogP contribution >= 0.6 is 0 Å². The second-order valence-electron chi connectivity index (χ2n) is 7.17.